The van der Waals surface area contributed by atoms with Crippen molar-refractivity contribution in [1.82, 2.24) is 0 Å². The van der Waals surface area contributed by atoms with E-state index in [0.717, 1.165) is 31.4 Å². The zero-order chi connectivity index (χ0) is 22.8. The number of hydrogen-bond donors (Lipinski definition) is 0. The van der Waals surface area contributed by atoms with Gasteiger partial charge in [-0.15, -0.1) is 0 Å². The Balaban J connectivity index is 1.50. The fraction of sp³-hybridized carbons (Fsp3) is 0.333. The van der Waals surface area contributed by atoms with Crippen LogP contribution in [0.4, 0.5) is 0 Å². The molecule has 0 saturated heterocycles. The first kappa shape index (κ1) is 23.6. The average Bonchev–Trinajstić information content (AvgIpc) is 2.90. The monoisotopic (exact) mass is 460 g/mol. The Morgan fingerprint density at radius 1 is 0.727 bits per heavy atom. The summed E-state index contributed by atoms with van der Waals surface area (Å²) in [6.45, 7) is 2.89. The minimum atomic E-state index is -2.12. The van der Waals surface area contributed by atoms with Crippen LogP contribution in [0, 0.1) is 0 Å². The van der Waals surface area contributed by atoms with Gasteiger partial charge in [0.25, 0.3) is 0 Å². The molecule has 0 saturated carbocycles. The van der Waals surface area contributed by atoms with Crippen LogP contribution in [-0.2, 0) is 9.47 Å². The van der Waals surface area contributed by atoms with Crippen LogP contribution in [0.5, 0.6) is 0 Å². The molecule has 1 unspecified atom stereocenters. The Labute approximate surface area is 200 Å². The molecular weight excluding hydrogens is 423 g/mol. The molecule has 0 aliphatic carbocycles. The molecule has 1 aliphatic heterocycles. The topological polar surface area (TPSA) is 18.5 Å². The summed E-state index contributed by atoms with van der Waals surface area (Å²) in [6.07, 6.45) is 9.92. The van der Waals surface area contributed by atoms with E-state index < -0.39 is 7.26 Å². The van der Waals surface area contributed by atoms with Crippen LogP contribution in [0.15, 0.2) is 103 Å². The van der Waals surface area contributed by atoms with Crippen molar-refractivity contribution in [1.29, 1.82) is 0 Å². The molecule has 1 atom stereocenters. The first-order valence-electron chi connectivity index (χ1n) is 12.5. The van der Waals surface area contributed by atoms with Crippen LogP contribution in [0.25, 0.3) is 0 Å². The van der Waals surface area contributed by atoms with Gasteiger partial charge < -0.3 is 0 Å². The van der Waals surface area contributed by atoms with E-state index in [1.807, 2.05) is 6.26 Å². The number of ether oxygens (including phenoxy) is 2. The van der Waals surface area contributed by atoms with Gasteiger partial charge in [-0.3, -0.25) is 0 Å². The molecule has 0 bridgehead atoms. The molecule has 0 amide bonds. The van der Waals surface area contributed by atoms with Gasteiger partial charge in [-0.2, -0.15) is 0 Å². The normalized spacial score (nSPS) is 16.4. The van der Waals surface area contributed by atoms with Crippen LogP contribution in [0.2, 0.25) is 0 Å². The summed E-state index contributed by atoms with van der Waals surface area (Å²) in [5.74, 6) is 1.01. The number of rotatable bonds is 11. The predicted octanol–water partition coefficient (Wildman–Crippen LogP) is 6.33. The predicted molar refractivity (Wildman–Crippen MR) is 144 cm³/mol. The molecule has 1 heterocycles. The summed E-state index contributed by atoms with van der Waals surface area (Å²) >= 11 is 0. The third kappa shape index (κ3) is 5.87. The van der Waals surface area contributed by atoms with E-state index in [-0.39, 0.29) is 6.10 Å². The molecule has 33 heavy (non-hydrogen) atoms. The molecule has 0 N–H and O–H groups in total. The van der Waals surface area contributed by atoms with Crippen molar-refractivity contribution in [2.75, 3.05) is 12.8 Å². The molecule has 3 heteroatoms. The van der Waals surface area contributed by atoms with Crippen LogP contribution >= 0.6 is 7.26 Å². The number of unbranched alkanes of at least 4 members (excludes halogenated alkanes) is 2. The molecular formula is C30H37O2P. The third-order valence-corrected chi connectivity index (χ3v) is 11.8. The Morgan fingerprint density at radius 2 is 1.27 bits per heavy atom. The summed E-state index contributed by atoms with van der Waals surface area (Å²) in [5.41, 5.74) is 0. The summed E-state index contributed by atoms with van der Waals surface area (Å²) in [7, 11) is -2.12. The molecule has 174 valence electrons. The summed E-state index contributed by atoms with van der Waals surface area (Å²) in [5, 5.41) is 4.47. The van der Waals surface area contributed by atoms with Crippen LogP contribution in [0.1, 0.15) is 45.4 Å². The van der Waals surface area contributed by atoms with Crippen molar-refractivity contribution in [2.24, 2.45) is 0 Å². The van der Waals surface area contributed by atoms with Gasteiger partial charge >= 0.3 is 200 Å². The zero-order valence-electron chi connectivity index (χ0n) is 19.8. The van der Waals surface area contributed by atoms with E-state index in [9.17, 15) is 0 Å². The van der Waals surface area contributed by atoms with Crippen LogP contribution in [-0.4, -0.2) is 18.9 Å². The average molecular weight is 461 g/mol. The van der Waals surface area contributed by atoms with Crippen LogP contribution in [0.3, 0.4) is 0 Å². The van der Waals surface area contributed by atoms with Gasteiger partial charge in [0.05, 0.1) is 0 Å². The van der Waals surface area contributed by atoms with Gasteiger partial charge in [0.15, 0.2) is 0 Å². The standard InChI is InChI=1S/C30H37O2P/c1-2-3-15-26-24-32-27(25-31-26)16-13-14-23-33(28-17-7-4-8-18-28,29-19-9-5-10-20-29)30-21-11-6-12-22-30/h4-12,17-22,24,27,33H,2-3,13-16,23,25H2,1H3. The Morgan fingerprint density at radius 3 is 1.73 bits per heavy atom. The van der Waals surface area contributed by atoms with Crippen molar-refractivity contribution >= 4 is 23.2 Å². The van der Waals surface area contributed by atoms with Gasteiger partial charge in [-0.25, -0.2) is 0 Å². The molecule has 0 spiro atoms. The van der Waals surface area contributed by atoms with E-state index in [2.05, 4.69) is 97.9 Å². The van der Waals surface area contributed by atoms with E-state index in [1.54, 1.807) is 0 Å². The fourth-order valence-electron chi connectivity index (χ4n) is 4.94. The van der Waals surface area contributed by atoms with E-state index in [4.69, 9.17) is 9.47 Å². The Hall–Kier alpha value is -2.57. The third-order valence-electron chi connectivity index (χ3n) is 6.75. The zero-order valence-corrected chi connectivity index (χ0v) is 20.8. The summed E-state index contributed by atoms with van der Waals surface area (Å²) < 4.78 is 11.9. The number of hydrogen-bond acceptors (Lipinski definition) is 2. The van der Waals surface area contributed by atoms with Crippen molar-refractivity contribution in [3.05, 3.63) is 103 Å². The first-order valence-corrected chi connectivity index (χ1v) is 14.7. The maximum absolute atomic E-state index is 6.00. The molecule has 3 aromatic rings. The molecule has 0 radical (unpaired) electrons. The Bertz CT molecular complexity index is 889. The second-order valence-corrected chi connectivity index (χ2v) is 13.0. The molecule has 1 aliphatic rings. The molecule has 2 nitrogen and oxygen atoms in total. The second-order valence-electron chi connectivity index (χ2n) is 9.01. The van der Waals surface area contributed by atoms with Gasteiger partial charge in [0.2, 0.25) is 0 Å². The van der Waals surface area contributed by atoms with Gasteiger partial charge in [0.1, 0.15) is 0 Å². The van der Waals surface area contributed by atoms with E-state index in [0.29, 0.717) is 6.61 Å². The molecule has 4 rings (SSSR count). The van der Waals surface area contributed by atoms with Crippen molar-refractivity contribution < 1.29 is 9.47 Å². The Kier molecular flexibility index (Phi) is 8.61. The second kappa shape index (κ2) is 12.1. The fourth-order valence-corrected chi connectivity index (χ4v) is 9.87. The van der Waals surface area contributed by atoms with Crippen molar-refractivity contribution in [2.45, 2.75) is 51.6 Å². The molecule has 3 aromatic carbocycles. The minimum absolute atomic E-state index is 0.177. The quantitative estimate of drug-likeness (QED) is 0.246. The van der Waals surface area contributed by atoms with Crippen LogP contribution < -0.4 is 15.9 Å². The van der Waals surface area contributed by atoms with E-state index >= 15 is 0 Å². The summed E-state index contributed by atoms with van der Waals surface area (Å²) in [4.78, 5) is 0. The van der Waals surface area contributed by atoms with E-state index in [1.165, 1.54) is 34.9 Å². The van der Waals surface area contributed by atoms with Crippen molar-refractivity contribution in [3.8, 4) is 0 Å². The summed E-state index contributed by atoms with van der Waals surface area (Å²) in [6, 6.07) is 33.6. The molecule has 0 aromatic heterocycles. The first-order chi connectivity index (χ1) is 16.3. The van der Waals surface area contributed by atoms with Gasteiger partial charge in [-0.05, 0) is 0 Å². The SMILES string of the molecule is CCCCC1=COC(CCCC[PH](c2ccccc2)(c2ccccc2)c2ccccc2)CO1. The number of benzene rings is 3. The van der Waals surface area contributed by atoms with Gasteiger partial charge in [-0.1, -0.05) is 0 Å². The molecule has 0 fully saturated rings. The number of allylic oxidation sites excluding steroid dienone is 1. The van der Waals surface area contributed by atoms with Crippen molar-refractivity contribution in [3.63, 3.8) is 0 Å². The van der Waals surface area contributed by atoms with Gasteiger partial charge in [0, 0.05) is 0 Å². The maximum atomic E-state index is 6.00.